The minimum absolute atomic E-state index is 0.0326. The molecule has 2 aromatic heterocycles. The molecular weight excluding hydrogens is 523 g/mol. The van der Waals surface area contributed by atoms with E-state index in [4.69, 9.17) is 9.47 Å². The van der Waals surface area contributed by atoms with Crippen molar-refractivity contribution in [2.24, 2.45) is 0 Å². The molecule has 0 saturated carbocycles. The third-order valence-corrected chi connectivity index (χ3v) is 7.30. The molecule has 0 unspecified atom stereocenters. The Labute approximate surface area is 229 Å². The molecule has 0 aliphatic carbocycles. The fraction of sp³-hybridized carbons (Fsp3) is 0.345. The van der Waals surface area contributed by atoms with Crippen LogP contribution in [0.4, 0.5) is 13.2 Å². The monoisotopic (exact) mass is 553 g/mol. The Balaban J connectivity index is 1.45. The molecule has 11 heteroatoms. The first-order valence-corrected chi connectivity index (χ1v) is 12.9. The normalized spacial score (nSPS) is 15.4. The second-order valence-corrected chi connectivity index (χ2v) is 9.66. The predicted molar refractivity (Wildman–Crippen MR) is 143 cm³/mol. The number of aromatic nitrogens is 3. The lowest BCUT2D eigenvalue weighted by Crippen LogP contribution is -2.50. The second-order valence-electron chi connectivity index (χ2n) is 9.66. The molecule has 1 saturated heterocycles. The van der Waals surface area contributed by atoms with E-state index in [1.807, 2.05) is 30.3 Å². The van der Waals surface area contributed by atoms with Gasteiger partial charge in [-0.25, -0.2) is 9.50 Å². The van der Waals surface area contributed by atoms with Crippen LogP contribution in [0.3, 0.4) is 0 Å². The van der Waals surface area contributed by atoms with Crippen molar-refractivity contribution in [2.45, 2.75) is 19.1 Å². The molecule has 210 valence electrons. The Kier molecular flexibility index (Phi) is 7.77. The van der Waals surface area contributed by atoms with Gasteiger partial charge in [0.05, 0.1) is 31.6 Å². The summed E-state index contributed by atoms with van der Waals surface area (Å²) >= 11 is 0. The van der Waals surface area contributed by atoms with Crippen molar-refractivity contribution in [1.82, 2.24) is 24.4 Å². The van der Waals surface area contributed by atoms with Gasteiger partial charge in [-0.15, -0.1) is 0 Å². The van der Waals surface area contributed by atoms with Crippen LogP contribution in [0.2, 0.25) is 0 Å². The van der Waals surface area contributed by atoms with E-state index in [9.17, 15) is 18.0 Å². The molecule has 1 amide bonds. The SMILES string of the molecule is COC[C@@H](c1ccccc1)N1CCN(C(=O)c2cnn3c(C(F)(F)F)c(C)c(-c4ccc(OC)cc4)nc23)CC1. The second kappa shape index (κ2) is 11.3. The number of benzene rings is 2. The van der Waals surface area contributed by atoms with Gasteiger partial charge in [0.25, 0.3) is 5.91 Å². The highest BCUT2D eigenvalue weighted by Gasteiger charge is 2.39. The average Bonchev–Trinajstić information content (AvgIpc) is 3.38. The van der Waals surface area contributed by atoms with E-state index in [2.05, 4.69) is 15.0 Å². The Bertz CT molecular complexity index is 1480. The Morgan fingerprint density at radius 2 is 1.68 bits per heavy atom. The van der Waals surface area contributed by atoms with E-state index in [-0.39, 0.29) is 28.5 Å². The topological polar surface area (TPSA) is 72.2 Å². The fourth-order valence-corrected chi connectivity index (χ4v) is 5.24. The van der Waals surface area contributed by atoms with Crippen LogP contribution >= 0.6 is 0 Å². The zero-order chi connectivity index (χ0) is 28.4. The van der Waals surface area contributed by atoms with E-state index in [1.54, 1.807) is 36.3 Å². The molecule has 0 radical (unpaired) electrons. The lowest BCUT2D eigenvalue weighted by molar-refractivity contribution is -0.143. The largest absolute Gasteiger partial charge is 0.497 e. The summed E-state index contributed by atoms with van der Waals surface area (Å²) in [5, 5.41) is 3.97. The standard InChI is InChI=1S/C29H30F3N5O3/c1-19-25(21-9-11-22(40-3)12-10-21)34-27-23(17-33-37(27)26(19)29(30,31)32)28(38)36-15-13-35(14-16-36)24(18-39-2)20-7-5-4-6-8-20/h4-12,17,24H,13-16,18H2,1-3H3/t24-/m0/s1. The zero-order valence-corrected chi connectivity index (χ0v) is 22.5. The van der Waals surface area contributed by atoms with Crippen LogP contribution in [0, 0.1) is 6.92 Å². The van der Waals surface area contributed by atoms with Crippen LogP contribution in [-0.4, -0.2) is 77.3 Å². The highest BCUT2D eigenvalue weighted by molar-refractivity contribution is 6.00. The Morgan fingerprint density at radius 1 is 1.00 bits per heavy atom. The van der Waals surface area contributed by atoms with Crippen LogP contribution in [0.5, 0.6) is 5.75 Å². The van der Waals surface area contributed by atoms with Crippen molar-refractivity contribution in [2.75, 3.05) is 47.0 Å². The minimum Gasteiger partial charge on any atom is -0.497 e. The van der Waals surface area contributed by atoms with Gasteiger partial charge in [0.1, 0.15) is 11.3 Å². The highest BCUT2D eigenvalue weighted by Crippen LogP contribution is 2.37. The van der Waals surface area contributed by atoms with Gasteiger partial charge in [0.15, 0.2) is 11.3 Å². The van der Waals surface area contributed by atoms with Crippen LogP contribution in [-0.2, 0) is 10.9 Å². The summed E-state index contributed by atoms with van der Waals surface area (Å²) in [4.78, 5) is 22.1. The zero-order valence-electron chi connectivity index (χ0n) is 22.5. The smallest absolute Gasteiger partial charge is 0.433 e. The Hall–Kier alpha value is -3.96. The highest BCUT2D eigenvalue weighted by atomic mass is 19.4. The van der Waals surface area contributed by atoms with Gasteiger partial charge < -0.3 is 14.4 Å². The molecule has 1 aliphatic heterocycles. The van der Waals surface area contributed by atoms with Crippen molar-refractivity contribution in [1.29, 1.82) is 0 Å². The van der Waals surface area contributed by atoms with Crippen molar-refractivity contribution < 1.29 is 27.4 Å². The maximum atomic E-state index is 14.3. The molecule has 0 spiro atoms. The molecule has 1 aliphatic rings. The summed E-state index contributed by atoms with van der Waals surface area (Å²) in [5.41, 5.74) is 0.597. The Morgan fingerprint density at radius 3 is 2.27 bits per heavy atom. The van der Waals surface area contributed by atoms with Crippen molar-refractivity contribution >= 4 is 11.6 Å². The number of piperazine rings is 1. The first-order chi connectivity index (χ1) is 19.2. The number of halogens is 3. The number of carbonyl (C=O) groups is 1. The molecule has 4 aromatic rings. The third-order valence-electron chi connectivity index (χ3n) is 7.30. The van der Waals surface area contributed by atoms with Crippen LogP contribution < -0.4 is 4.74 Å². The van der Waals surface area contributed by atoms with E-state index >= 15 is 0 Å². The van der Waals surface area contributed by atoms with Gasteiger partial charge in [-0.3, -0.25) is 9.69 Å². The summed E-state index contributed by atoms with van der Waals surface area (Å²) < 4.78 is 54.1. The van der Waals surface area contributed by atoms with Crippen molar-refractivity contribution in [3.63, 3.8) is 0 Å². The van der Waals surface area contributed by atoms with Crippen molar-refractivity contribution in [3.05, 3.63) is 83.2 Å². The number of hydrogen-bond donors (Lipinski definition) is 0. The predicted octanol–water partition coefficient (Wildman–Crippen LogP) is 4.88. The summed E-state index contributed by atoms with van der Waals surface area (Å²) in [7, 11) is 3.17. The third kappa shape index (κ3) is 5.26. The van der Waals surface area contributed by atoms with Gasteiger partial charge >= 0.3 is 6.18 Å². The quantitative estimate of drug-likeness (QED) is 0.325. The van der Waals surface area contributed by atoms with Crippen LogP contribution in [0.15, 0.2) is 60.8 Å². The van der Waals surface area contributed by atoms with E-state index < -0.39 is 17.8 Å². The number of carbonyl (C=O) groups excluding carboxylic acids is 1. The van der Waals surface area contributed by atoms with Gasteiger partial charge in [-0.1, -0.05) is 30.3 Å². The summed E-state index contributed by atoms with van der Waals surface area (Å²) in [6, 6.07) is 16.6. The van der Waals surface area contributed by atoms with Gasteiger partial charge in [0, 0.05) is 44.4 Å². The number of methoxy groups -OCH3 is 2. The van der Waals surface area contributed by atoms with Crippen molar-refractivity contribution in [3.8, 4) is 17.0 Å². The van der Waals surface area contributed by atoms with Crippen LogP contribution in [0.1, 0.15) is 33.2 Å². The molecule has 3 heterocycles. The lowest BCUT2D eigenvalue weighted by Gasteiger charge is -2.39. The number of rotatable bonds is 7. The number of amides is 1. The van der Waals surface area contributed by atoms with E-state index in [0.29, 0.717) is 44.1 Å². The maximum Gasteiger partial charge on any atom is 0.433 e. The number of ether oxygens (including phenoxy) is 2. The molecule has 8 nitrogen and oxygen atoms in total. The number of hydrogen-bond acceptors (Lipinski definition) is 6. The molecule has 5 rings (SSSR count). The fourth-order valence-electron chi connectivity index (χ4n) is 5.24. The molecule has 40 heavy (non-hydrogen) atoms. The molecule has 0 bridgehead atoms. The number of fused-ring (bicyclic) bond motifs is 1. The van der Waals surface area contributed by atoms with E-state index in [0.717, 1.165) is 10.1 Å². The van der Waals surface area contributed by atoms with Gasteiger partial charge in [0.2, 0.25) is 0 Å². The van der Waals surface area contributed by atoms with E-state index in [1.165, 1.54) is 20.2 Å². The van der Waals surface area contributed by atoms with Crippen LogP contribution in [0.25, 0.3) is 16.9 Å². The molecule has 1 fully saturated rings. The number of nitrogens with zero attached hydrogens (tertiary/aromatic N) is 5. The summed E-state index contributed by atoms with van der Waals surface area (Å²) in [5.74, 6) is 0.167. The minimum atomic E-state index is -4.71. The first kappa shape index (κ1) is 27.6. The molecule has 2 aromatic carbocycles. The summed E-state index contributed by atoms with van der Waals surface area (Å²) in [6.07, 6.45) is -3.53. The first-order valence-electron chi connectivity index (χ1n) is 12.9. The number of alkyl halides is 3. The van der Waals surface area contributed by atoms with Gasteiger partial charge in [-0.2, -0.15) is 18.3 Å². The van der Waals surface area contributed by atoms with Gasteiger partial charge in [-0.05, 0) is 36.8 Å². The molecular formula is C29H30F3N5O3. The summed E-state index contributed by atoms with van der Waals surface area (Å²) in [6.45, 7) is 3.86. The lowest BCUT2D eigenvalue weighted by atomic mass is 10.0. The molecule has 0 N–H and O–H groups in total. The average molecular weight is 554 g/mol. The molecule has 1 atom stereocenters. The maximum absolute atomic E-state index is 14.3.